The number of ether oxygens (including phenoxy) is 2. The van der Waals surface area contributed by atoms with Gasteiger partial charge in [0.1, 0.15) is 0 Å². The van der Waals surface area contributed by atoms with Gasteiger partial charge in [-0.05, 0) is 65.9 Å². The average molecular weight is 759 g/mol. The molecule has 2 heterocycles. The Labute approximate surface area is 335 Å². The number of carbonyl (C=O) groups excluding carboxylic acids is 2. The van der Waals surface area contributed by atoms with Crippen molar-refractivity contribution in [2.45, 2.75) is 129 Å². The minimum Gasteiger partial charge on any atom is -0.392 e. The number of hydrogen-bond acceptors (Lipinski definition) is 6. The zero-order valence-electron chi connectivity index (χ0n) is 33.7. The number of benzene rings is 4. The third-order valence-electron chi connectivity index (χ3n) is 11.5. The van der Waals surface area contributed by atoms with Gasteiger partial charge in [-0.25, -0.2) is 0 Å². The van der Waals surface area contributed by atoms with E-state index in [2.05, 4.69) is 55.1 Å². The van der Waals surface area contributed by atoms with Gasteiger partial charge in [-0.1, -0.05) is 163 Å². The van der Waals surface area contributed by atoms with Crippen LogP contribution in [0.1, 0.15) is 153 Å². The van der Waals surface area contributed by atoms with Crippen LogP contribution in [-0.4, -0.2) is 52.5 Å². The Morgan fingerprint density at radius 3 is 1.75 bits per heavy atom. The summed E-state index contributed by atoms with van der Waals surface area (Å²) in [6, 6.07) is 31.4. The van der Waals surface area contributed by atoms with Crippen LogP contribution >= 0.6 is 0 Å². The van der Waals surface area contributed by atoms with E-state index in [0.717, 1.165) is 59.4 Å². The predicted molar refractivity (Wildman–Crippen MR) is 224 cm³/mol. The Kier molecular flexibility index (Phi) is 15.9. The highest BCUT2D eigenvalue weighted by Crippen LogP contribution is 2.39. The number of aliphatic hydroxyl groups is 1. The first-order valence-corrected chi connectivity index (χ1v) is 21.4. The van der Waals surface area contributed by atoms with Crippen LogP contribution in [0, 0.1) is 0 Å². The summed E-state index contributed by atoms with van der Waals surface area (Å²) in [5.41, 5.74) is 6.72. The number of carbonyl (C=O) groups is 2. The van der Waals surface area contributed by atoms with Crippen molar-refractivity contribution in [3.63, 3.8) is 0 Å². The zero-order chi connectivity index (χ0) is 39.1. The van der Waals surface area contributed by atoms with Gasteiger partial charge >= 0.3 is 0 Å². The first-order valence-electron chi connectivity index (χ1n) is 21.4. The maximum Gasteiger partial charge on any atom is 0.261 e. The van der Waals surface area contributed by atoms with Crippen molar-refractivity contribution in [2.75, 3.05) is 19.6 Å². The van der Waals surface area contributed by atoms with Gasteiger partial charge in [-0.2, -0.15) is 0 Å². The topological polar surface area (TPSA) is 79.3 Å². The maximum atomic E-state index is 13.2. The van der Waals surface area contributed by atoms with Crippen molar-refractivity contribution in [1.29, 1.82) is 0 Å². The minimum absolute atomic E-state index is 0.00323. The molecule has 4 aromatic rings. The normalized spacial score (nSPS) is 18.2. The third kappa shape index (κ3) is 11.0. The number of hydrogen-bond donors (Lipinski definition) is 1. The van der Waals surface area contributed by atoms with Crippen LogP contribution in [0.5, 0.6) is 0 Å². The molecule has 0 radical (unpaired) electrons. The van der Waals surface area contributed by atoms with Gasteiger partial charge in [0.2, 0.25) is 0 Å². The molecule has 2 aliphatic heterocycles. The second-order valence-corrected chi connectivity index (χ2v) is 15.7. The van der Waals surface area contributed by atoms with Crippen molar-refractivity contribution < 1.29 is 24.2 Å². The van der Waals surface area contributed by atoms with Crippen molar-refractivity contribution in [3.8, 4) is 11.1 Å². The lowest BCUT2D eigenvalue weighted by Gasteiger charge is -2.38. The van der Waals surface area contributed by atoms with Crippen LogP contribution in [0.25, 0.3) is 11.1 Å². The van der Waals surface area contributed by atoms with Crippen molar-refractivity contribution in [2.24, 2.45) is 0 Å². The molecule has 7 heteroatoms. The summed E-state index contributed by atoms with van der Waals surface area (Å²) < 4.78 is 13.6. The number of imide groups is 1. The van der Waals surface area contributed by atoms with Gasteiger partial charge in [-0.15, -0.1) is 0 Å². The van der Waals surface area contributed by atoms with E-state index < -0.39 is 6.29 Å². The van der Waals surface area contributed by atoms with E-state index in [-0.39, 0.29) is 37.2 Å². The molecule has 0 aliphatic carbocycles. The first-order chi connectivity index (χ1) is 27.5. The minimum atomic E-state index is -0.538. The molecule has 1 fully saturated rings. The molecule has 3 unspecified atom stereocenters. The van der Waals surface area contributed by atoms with E-state index in [9.17, 15) is 14.7 Å². The quantitative estimate of drug-likeness (QED) is 0.0635. The number of nitrogens with zero attached hydrogens (tertiary/aromatic N) is 2. The number of unbranched alkanes of at least 4 members (excludes halogenated alkanes) is 10. The van der Waals surface area contributed by atoms with Gasteiger partial charge < -0.3 is 19.5 Å². The molecular formula is C49H62N2O5. The van der Waals surface area contributed by atoms with E-state index in [1.165, 1.54) is 81.9 Å². The fourth-order valence-electron chi connectivity index (χ4n) is 8.16. The van der Waals surface area contributed by atoms with Crippen molar-refractivity contribution in [1.82, 2.24) is 9.80 Å². The van der Waals surface area contributed by atoms with Crippen LogP contribution in [0.15, 0.2) is 97.1 Å². The summed E-state index contributed by atoms with van der Waals surface area (Å²) in [5.74, 6) is -0.509. The molecule has 56 heavy (non-hydrogen) atoms. The molecule has 2 aliphatic rings. The lowest BCUT2D eigenvalue weighted by molar-refractivity contribution is -0.253. The van der Waals surface area contributed by atoms with E-state index >= 15 is 0 Å². The fraction of sp³-hybridized carbons (Fsp3) is 0.469. The smallest absolute Gasteiger partial charge is 0.261 e. The van der Waals surface area contributed by atoms with Gasteiger partial charge in [-0.3, -0.25) is 14.5 Å². The number of aliphatic hydroxyl groups excluding tert-OH is 1. The standard InChI is InChI=1S/C49H62N2O5/c1-3-5-7-9-11-17-31-50(32-18-12-10-8-6-4-2)35-42-33-46(39-25-23-37(36-52)24-26-39)56-49(55-42)40-29-27-38(28-30-40)43-20-14-13-19-41(43)34-51-47(53)44-21-15-16-22-45(44)48(51)54/h13-16,19-30,42,46,49,52H,3-12,17-18,31-36H2,1-2H3. The largest absolute Gasteiger partial charge is 0.392 e. The van der Waals surface area contributed by atoms with Gasteiger partial charge in [0.05, 0.1) is 36.5 Å². The number of rotatable bonds is 22. The van der Waals surface area contributed by atoms with E-state index in [4.69, 9.17) is 9.47 Å². The Morgan fingerprint density at radius 2 is 1.16 bits per heavy atom. The molecule has 2 amide bonds. The third-order valence-corrected chi connectivity index (χ3v) is 11.5. The highest BCUT2D eigenvalue weighted by Gasteiger charge is 2.36. The lowest BCUT2D eigenvalue weighted by atomic mass is 9.97. The van der Waals surface area contributed by atoms with Gasteiger partial charge in [0.25, 0.3) is 11.8 Å². The summed E-state index contributed by atoms with van der Waals surface area (Å²) >= 11 is 0. The molecule has 298 valence electrons. The lowest BCUT2D eigenvalue weighted by Crippen LogP contribution is -2.40. The van der Waals surface area contributed by atoms with E-state index in [1.54, 1.807) is 24.3 Å². The molecule has 1 N–H and O–H groups in total. The summed E-state index contributed by atoms with van der Waals surface area (Å²) in [6.45, 7) is 7.82. The molecule has 0 bridgehead atoms. The number of fused-ring (bicyclic) bond motifs is 1. The van der Waals surface area contributed by atoms with E-state index in [1.807, 2.05) is 36.4 Å². The molecular weight excluding hydrogens is 697 g/mol. The van der Waals surface area contributed by atoms with Crippen LogP contribution in [-0.2, 0) is 22.6 Å². The van der Waals surface area contributed by atoms with Crippen LogP contribution in [0.3, 0.4) is 0 Å². The number of amides is 2. The molecule has 7 nitrogen and oxygen atoms in total. The average Bonchev–Trinajstić information content (AvgIpc) is 3.48. The Balaban J connectivity index is 1.18. The molecule has 0 saturated carbocycles. The second-order valence-electron chi connectivity index (χ2n) is 15.7. The van der Waals surface area contributed by atoms with Crippen LogP contribution in [0.4, 0.5) is 0 Å². The molecule has 3 atom stereocenters. The molecule has 4 aromatic carbocycles. The van der Waals surface area contributed by atoms with Crippen molar-refractivity contribution >= 4 is 11.8 Å². The molecule has 0 aromatic heterocycles. The second kappa shape index (κ2) is 21.4. The Bertz CT molecular complexity index is 1770. The van der Waals surface area contributed by atoms with E-state index in [0.29, 0.717) is 11.1 Å². The SMILES string of the molecule is CCCCCCCCN(CCCCCCCC)CC1CC(c2ccc(CO)cc2)OC(c2ccc(-c3ccccc3CN3C(=O)c4ccccc4C3=O)cc2)O1. The zero-order valence-corrected chi connectivity index (χ0v) is 33.7. The van der Waals surface area contributed by atoms with Crippen LogP contribution in [0.2, 0.25) is 0 Å². The predicted octanol–water partition coefficient (Wildman–Crippen LogP) is 11.2. The Morgan fingerprint density at radius 1 is 0.625 bits per heavy atom. The highest BCUT2D eigenvalue weighted by molar-refractivity contribution is 6.21. The molecule has 0 spiro atoms. The summed E-state index contributed by atoms with van der Waals surface area (Å²) in [7, 11) is 0. The summed E-state index contributed by atoms with van der Waals surface area (Å²) in [5, 5.41) is 9.70. The molecule has 6 rings (SSSR count). The maximum absolute atomic E-state index is 13.2. The molecule has 1 saturated heterocycles. The van der Waals surface area contributed by atoms with Crippen molar-refractivity contribution in [3.05, 3.63) is 130 Å². The van der Waals surface area contributed by atoms with Gasteiger partial charge in [0, 0.05) is 18.5 Å². The first kappa shape index (κ1) is 41.5. The highest BCUT2D eigenvalue weighted by atomic mass is 16.7. The fourth-order valence-corrected chi connectivity index (χ4v) is 8.16. The Hall–Kier alpha value is -4.14. The van der Waals surface area contributed by atoms with Gasteiger partial charge in [0.15, 0.2) is 6.29 Å². The monoisotopic (exact) mass is 758 g/mol. The van der Waals surface area contributed by atoms with Crippen LogP contribution < -0.4 is 0 Å². The summed E-state index contributed by atoms with van der Waals surface area (Å²) in [6.07, 6.45) is 15.5. The summed E-state index contributed by atoms with van der Waals surface area (Å²) in [4.78, 5) is 30.4.